The van der Waals surface area contributed by atoms with E-state index >= 15 is 0 Å². The third-order valence-electron chi connectivity index (χ3n) is 2.98. The smallest absolute Gasteiger partial charge is 0.349 e. The van der Waals surface area contributed by atoms with Gasteiger partial charge in [0.1, 0.15) is 4.83 Å². The van der Waals surface area contributed by atoms with Crippen molar-refractivity contribution in [1.82, 2.24) is 4.98 Å². The van der Waals surface area contributed by atoms with Gasteiger partial charge in [0.15, 0.2) is 0 Å². The van der Waals surface area contributed by atoms with Crippen molar-refractivity contribution in [2.45, 2.75) is 6.92 Å². The molecular weight excluding hydrogens is 304 g/mol. The summed E-state index contributed by atoms with van der Waals surface area (Å²) >= 11 is 1.42. The lowest BCUT2D eigenvalue weighted by Gasteiger charge is -2.05. The van der Waals surface area contributed by atoms with Gasteiger partial charge in [0, 0.05) is 10.6 Å². The van der Waals surface area contributed by atoms with Crippen LogP contribution >= 0.6 is 11.3 Å². The Balaban J connectivity index is 1.96. The van der Waals surface area contributed by atoms with Crippen molar-refractivity contribution >= 4 is 39.2 Å². The summed E-state index contributed by atoms with van der Waals surface area (Å²) in [7, 11) is 1.32. The van der Waals surface area contributed by atoms with Crippen molar-refractivity contribution in [3.63, 3.8) is 0 Å². The average molecular weight is 316 g/mol. The lowest BCUT2D eigenvalue weighted by Crippen LogP contribution is -2.05. The molecule has 1 aromatic carbocycles. The van der Waals surface area contributed by atoms with E-state index in [2.05, 4.69) is 15.0 Å². The highest BCUT2D eigenvalue weighted by Crippen LogP contribution is 2.23. The Labute approximate surface area is 129 Å². The van der Waals surface area contributed by atoms with Crippen LogP contribution in [0.4, 0.5) is 11.7 Å². The Hall–Kier alpha value is -2.67. The van der Waals surface area contributed by atoms with E-state index in [9.17, 15) is 9.59 Å². The second kappa shape index (κ2) is 5.61. The Morgan fingerprint density at radius 2 is 2.18 bits per heavy atom. The summed E-state index contributed by atoms with van der Waals surface area (Å²) in [5.41, 5.74) is 0.523. The SMILES string of the molecule is COC(=O)c1cccc(Nc2nc3sc(C)cc3c(=O)o2)c1. The van der Waals surface area contributed by atoms with E-state index in [1.54, 1.807) is 30.3 Å². The second-order valence-corrected chi connectivity index (χ2v) is 5.81. The fraction of sp³-hybridized carbons (Fsp3) is 0.133. The first-order valence-electron chi connectivity index (χ1n) is 6.43. The zero-order valence-corrected chi connectivity index (χ0v) is 12.7. The van der Waals surface area contributed by atoms with Gasteiger partial charge in [0.25, 0.3) is 0 Å². The molecule has 6 nitrogen and oxygen atoms in total. The molecule has 0 spiro atoms. The lowest BCUT2D eigenvalue weighted by atomic mass is 10.2. The van der Waals surface area contributed by atoms with Gasteiger partial charge >= 0.3 is 17.6 Å². The van der Waals surface area contributed by atoms with Crippen molar-refractivity contribution in [3.05, 3.63) is 51.2 Å². The summed E-state index contributed by atoms with van der Waals surface area (Å²) in [6.07, 6.45) is 0. The van der Waals surface area contributed by atoms with Crippen LogP contribution in [0, 0.1) is 6.92 Å². The molecule has 0 saturated carbocycles. The van der Waals surface area contributed by atoms with E-state index in [4.69, 9.17) is 4.42 Å². The topological polar surface area (TPSA) is 81.4 Å². The van der Waals surface area contributed by atoms with Gasteiger partial charge in [-0.3, -0.25) is 0 Å². The Morgan fingerprint density at radius 1 is 1.36 bits per heavy atom. The number of carbonyl (C=O) groups excluding carboxylic acids is 1. The number of methoxy groups -OCH3 is 1. The Morgan fingerprint density at radius 3 is 2.95 bits per heavy atom. The van der Waals surface area contributed by atoms with E-state index < -0.39 is 11.6 Å². The van der Waals surface area contributed by atoms with E-state index in [1.165, 1.54) is 18.4 Å². The summed E-state index contributed by atoms with van der Waals surface area (Å²) in [6.45, 7) is 1.90. The van der Waals surface area contributed by atoms with E-state index in [0.717, 1.165) is 4.88 Å². The average Bonchev–Trinajstić information content (AvgIpc) is 2.87. The fourth-order valence-corrected chi connectivity index (χ4v) is 2.87. The molecule has 0 saturated heterocycles. The number of nitrogens with zero attached hydrogens (tertiary/aromatic N) is 1. The molecule has 2 heterocycles. The normalized spacial score (nSPS) is 10.6. The molecule has 0 aliphatic carbocycles. The molecule has 3 aromatic rings. The zero-order chi connectivity index (χ0) is 15.7. The zero-order valence-electron chi connectivity index (χ0n) is 11.9. The van der Waals surface area contributed by atoms with Gasteiger partial charge in [-0.1, -0.05) is 6.07 Å². The minimum absolute atomic E-state index is 0.0846. The minimum atomic E-state index is -0.444. The number of thiophene rings is 1. The fourth-order valence-electron chi connectivity index (χ4n) is 2.01. The highest BCUT2D eigenvalue weighted by molar-refractivity contribution is 7.18. The van der Waals surface area contributed by atoms with Gasteiger partial charge in [0.2, 0.25) is 0 Å². The quantitative estimate of drug-likeness (QED) is 0.748. The molecule has 3 rings (SSSR count). The van der Waals surface area contributed by atoms with Gasteiger partial charge in [-0.15, -0.1) is 11.3 Å². The number of carbonyl (C=O) groups is 1. The summed E-state index contributed by atoms with van der Waals surface area (Å²) in [5.74, 6) is -0.442. The second-order valence-electron chi connectivity index (χ2n) is 4.58. The first-order valence-corrected chi connectivity index (χ1v) is 7.25. The maximum Gasteiger partial charge on any atom is 0.349 e. The summed E-state index contributed by atoms with van der Waals surface area (Å²) in [5, 5.41) is 3.36. The molecule has 1 N–H and O–H groups in total. The number of benzene rings is 1. The molecule has 0 unspecified atom stereocenters. The number of ether oxygens (including phenoxy) is 1. The predicted octanol–water partition coefficient (Wildman–Crippen LogP) is 3.09. The third-order valence-corrected chi connectivity index (χ3v) is 3.93. The van der Waals surface area contributed by atoms with Crippen LogP contribution in [0.5, 0.6) is 0 Å². The molecule has 0 aliphatic heterocycles. The van der Waals surface area contributed by atoms with Crippen LogP contribution in [0.15, 0.2) is 39.5 Å². The van der Waals surface area contributed by atoms with Gasteiger partial charge in [-0.2, -0.15) is 4.98 Å². The largest absolute Gasteiger partial charge is 0.465 e. The van der Waals surface area contributed by atoms with Gasteiger partial charge < -0.3 is 14.5 Å². The Kier molecular flexibility index (Phi) is 3.64. The van der Waals surface area contributed by atoms with Gasteiger partial charge in [0.05, 0.1) is 18.1 Å². The molecule has 2 aromatic heterocycles. The first-order chi connectivity index (χ1) is 10.6. The lowest BCUT2D eigenvalue weighted by molar-refractivity contribution is 0.0601. The van der Waals surface area contributed by atoms with E-state index in [1.807, 2.05) is 6.92 Å². The molecule has 0 aliphatic rings. The summed E-state index contributed by atoms with van der Waals surface area (Å²) in [4.78, 5) is 29.3. The number of rotatable bonds is 3. The number of aromatic nitrogens is 1. The molecular formula is C15H12N2O4S. The van der Waals surface area contributed by atoms with Crippen molar-refractivity contribution in [1.29, 1.82) is 0 Å². The molecule has 112 valence electrons. The van der Waals surface area contributed by atoms with Crippen LogP contribution in [0.1, 0.15) is 15.2 Å². The van der Waals surface area contributed by atoms with E-state index in [0.29, 0.717) is 21.5 Å². The van der Waals surface area contributed by atoms with Crippen LogP contribution in [0.25, 0.3) is 10.2 Å². The Bertz CT molecular complexity index is 913. The van der Waals surface area contributed by atoms with Crippen molar-refractivity contribution in [2.75, 3.05) is 12.4 Å². The molecule has 22 heavy (non-hydrogen) atoms. The monoisotopic (exact) mass is 316 g/mol. The van der Waals surface area contributed by atoms with Crippen LogP contribution < -0.4 is 10.9 Å². The first kappa shape index (κ1) is 14.3. The molecule has 7 heteroatoms. The summed E-state index contributed by atoms with van der Waals surface area (Å²) in [6, 6.07) is 8.49. The molecule has 0 amide bonds. The molecule has 0 fully saturated rings. The molecule has 0 radical (unpaired) electrons. The molecule has 0 atom stereocenters. The van der Waals surface area contributed by atoms with E-state index in [-0.39, 0.29) is 6.01 Å². The predicted molar refractivity (Wildman–Crippen MR) is 84.0 cm³/mol. The van der Waals surface area contributed by atoms with Gasteiger partial charge in [-0.25, -0.2) is 9.59 Å². The number of aryl methyl sites for hydroxylation is 1. The van der Waals surface area contributed by atoms with Crippen LogP contribution in [-0.4, -0.2) is 18.1 Å². The van der Waals surface area contributed by atoms with Gasteiger partial charge in [-0.05, 0) is 31.2 Å². The number of hydrogen-bond donors (Lipinski definition) is 1. The van der Waals surface area contributed by atoms with Crippen molar-refractivity contribution in [2.24, 2.45) is 0 Å². The molecule has 0 bridgehead atoms. The number of anilines is 2. The highest BCUT2D eigenvalue weighted by Gasteiger charge is 2.11. The van der Waals surface area contributed by atoms with Crippen molar-refractivity contribution in [3.8, 4) is 0 Å². The minimum Gasteiger partial charge on any atom is -0.465 e. The number of nitrogens with one attached hydrogen (secondary N) is 1. The standard InChI is InChI=1S/C15H12N2O4S/c1-8-6-11-12(22-8)17-15(21-14(11)19)16-10-5-3-4-9(7-10)13(18)20-2/h3-7H,1-2H3,(H,16,17). The maximum absolute atomic E-state index is 11.9. The third kappa shape index (κ3) is 2.71. The van der Waals surface area contributed by atoms with Crippen LogP contribution in [0.2, 0.25) is 0 Å². The maximum atomic E-state index is 11.9. The number of esters is 1. The summed E-state index contributed by atoms with van der Waals surface area (Å²) < 4.78 is 9.81. The number of fused-ring (bicyclic) bond motifs is 1. The number of hydrogen-bond acceptors (Lipinski definition) is 7. The van der Waals surface area contributed by atoms with Crippen LogP contribution in [0.3, 0.4) is 0 Å². The highest BCUT2D eigenvalue weighted by atomic mass is 32.1. The van der Waals surface area contributed by atoms with Crippen molar-refractivity contribution < 1.29 is 13.9 Å². The van der Waals surface area contributed by atoms with Crippen LogP contribution in [-0.2, 0) is 4.74 Å².